The topological polar surface area (TPSA) is 156 Å². The van der Waals surface area contributed by atoms with Gasteiger partial charge in [0.25, 0.3) is 0 Å². The number of rotatable bonds is 14. The highest BCUT2D eigenvalue weighted by Gasteiger charge is 2.47. The number of nitrogens with two attached hydrogens (primary N) is 1. The average molecular weight is 656 g/mol. The molecule has 4 N–H and O–H groups in total. The van der Waals surface area contributed by atoms with E-state index in [1.807, 2.05) is 5.09 Å². The molecule has 0 saturated carbocycles. The highest BCUT2D eigenvalue weighted by Crippen LogP contribution is 2.47. The lowest BCUT2D eigenvalue weighted by Crippen LogP contribution is -2.50. The van der Waals surface area contributed by atoms with Gasteiger partial charge in [-0.25, -0.2) is 25.1 Å². The Balaban J connectivity index is 1.88. The number of carbonyl (C=O) groups excluding carboxylic acids is 1. The summed E-state index contributed by atoms with van der Waals surface area (Å²) in [7, 11) is -4.51. The minimum absolute atomic E-state index is 0.0136. The van der Waals surface area contributed by atoms with Crippen molar-refractivity contribution in [3.05, 3.63) is 42.5 Å². The first-order chi connectivity index (χ1) is 20.3. The van der Waals surface area contributed by atoms with Crippen molar-refractivity contribution >= 4 is 30.4 Å². The molecule has 3 rings (SSSR count). The summed E-state index contributed by atoms with van der Waals surface area (Å²) >= 11 is 0. The Morgan fingerprint density at radius 2 is 1.75 bits per heavy atom. The molecule has 0 aliphatic carbocycles. The summed E-state index contributed by atoms with van der Waals surface area (Å²) in [5.74, 6) is -1.50. The van der Waals surface area contributed by atoms with Crippen LogP contribution in [0, 0.1) is 0 Å². The third-order valence-corrected chi connectivity index (χ3v) is 8.05. The van der Waals surface area contributed by atoms with Crippen molar-refractivity contribution in [1.82, 2.24) is 29.7 Å². The van der Waals surface area contributed by atoms with Gasteiger partial charge in [-0.1, -0.05) is 19.1 Å². The fraction of sp³-hybridized carbons (Fsp3) is 0.520. The number of benzene rings is 1. The Kier molecular flexibility index (Phi) is 10.9. The standard InChI is InChI=1S/C25H32F6N7O5P/c1-5-10-41-22(39)23(3,4)37-44(40,14-42-15(2)11-38-13-35-18-20(32)33-12-34-21(18)38)36-19(24(26,27)28)16-6-8-17(9-7-16)43-25(29,30)31/h6-9,12-13,15,19H,5,10-11,14H2,1-4H3,(H2,32,33,34)(H2,36,37,40)/t15-,19-,44?/m1/s1. The first-order valence-electron chi connectivity index (χ1n) is 13.1. The van der Waals surface area contributed by atoms with Gasteiger partial charge < -0.3 is 24.5 Å². The van der Waals surface area contributed by atoms with Gasteiger partial charge in [-0.15, -0.1) is 13.2 Å². The van der Waals surface area contributed by atoms with E-state index in [4.69, 9.17) is 15.2 Å². The highest BCUT2D eigenvalue weighted by atomic mass is 31.2. The molecule has 2 heterocycles. The number of ether oxygens (including phenoxy) is 3. The largest absolute Gasteiger partial charge is 0.573 e. The molecule has 2 aromatic heterocycles. The molecular formula is C25H32F6N7O5P. The van der Waals surface area contributed by atoms with E-state index in [9.17, 15) is 35.7 Å². The van der Waals surface area contributed by atoms with Crippen LogP contribution in [0.4, 0.5) is 32.2 Å². The normalized spacial score (nSPS) is 15.5. The maximum absolute atomic E-state index is 14.3. The van der Waals surface area contributed by atoms with Crippen molar-refractivity contribution in [1.29, 1.82) is 0 Å². The molecule has 19 heteroatoms. The van der Waals surface area contributed by atoms with E-state index in [-0.39, 0.29) is 19.0 Å². The first-order valence-corrected chi connectivity index (χ1v) is 15.0. The monoisotopic (exact) mass is 655 g/mol. The number of hydrogen-bond donors (Lipinski definition) is 3. The lowest BCUT2D eigenvalue weighted by Gasteiger charge is -2.34. The number of nitrogen functional groups attached to an aromatic ring is 1. The lowest BCUT2D eigenvalue weighted by molar-refractivity contribution is -0.274. The van der Waals surface area contributed by atoms with Gasteiger partial charge in [0.05, 0.1) is 25.6 Å². The summed E-state index contributed by atoms with van der Waals surface area (Å²) in [4.78, 5) is 24.8. The molecule has 1 aromatic carbocycles. The summed E-state index contributed by atoms with van der Waals surface area (Å²) in [5, 5.41) is 4.50. The minimum atomic E-state index is -5.09. The molecule has 44 heavy (non-hydrogen) atoms. The molecule has 12 nitrogen and oxygen atoms in total. The second-order valence-electron chi connectivity index (χ2n) is 10.3. The second-order valence-corrected chi connectivity index (χ2v) is 12.5. The molecular weight excluding hydrogens is 623 g/mol. The first kappa shape index (κ1) is 35.0. The fourth-order valence-corrected chi connectivity index (χ4v) is 6.35. The van der Waals surface area contributed by atoms with Crippen LogP contribution in [0.3, 0.4) is 0 Å². The molecule has 0 spiro atoms. The summed E-state index contributed by atoms with van der Waals surface area (Å²) < 4.78 is 111. The maximum atomic E-state index is 14.3. The van der Waals surface area contributed by atoms with Gasteiger partial charge in [0.2, 0.25) is 7.44 Å². The van der Waals surface area contributed by atoms with Crippen LogP contribution >= 0.6 is 7.44 Å². The van der Waals surface area contributed by atoms with Crippen LogP contribution < -0.4 is 20.6 Å². The van der Waals surface area contributed by atoms with Gasteiger partial charge in [0, 0.05) is 0 Å². The Labute approximate surface area is 248 Å². The molecule has 0 aliphatic rings. The van der Waals surface area contributed by atoms with Crippen LogP contribution in [-0.2, 0) is 25.4 Å². The van der Waals surface area contributed by atoms with Crippen LogP contribution in [0.1, 0.15) is 45.7 Å². The average Bonchev–Trinajstić information content (AvgIpc) is 3.32. The number of nitrogens with zero attached hydrogens (tertiary/aromatic N) is 4. The Morgan fingerprint density at radius 1 is 1.09 bits per heavy atom. The highest BCUT2D eigenvalue weighted by molar-refractivity contribution is 7.59. The number of esters is 1. The van der Waals surface area contributed by atoms with Crippen molar-refractivity contribution in [2.75, 3.05) is 18.7 Å². The van der Waals surface area contributed by atoms with Crippen LogP contribution in [0.15, 0.2) is 36.9 Å². The molecule has 0 radical (unpaired) electrons. The number of fused-ring (bicyclic) bond motifs is 1. The SMILES string of the molecule is CCCOC(=O)C(C)(C)NP(=O)(CO[C@H](C)Cn1cnc2c(N)ncnc21)N[C@H](c1ccc(OC(F)(F)F)cc1)C(F)(F)F. The van der Waals surface area contributed by atoms with Gasteiger partial charge in [0.1, 0.15) is 35.5 Å². The number of hydrogen-bond acceptors (Lipinski definition) is 9. The van der Waals surface area contributed by atoms with E-state index in [0.717, 1.165) is 12.1 Å². The molecule has 244 valence electrons. The van der Waals surface area contributed by atoms with Crippen LogP contribution in [-0.4, -0.2) is 62.6 Å². The van der Waals surface area contributed by atoms with Gasteiger partial charge in [-0.3, -0.25) is 9.36 Å². The zero-order valence-electron chi connectivity index (χ0n) is 24.1. The molecule has 0 saturated heterocycles. The third kappa shape index (κ3) is 9.51. The van der Waals surface area contributed by atoms with Gasteiger partial charge in [-0.2, -0.15) is 13.2 Å². The Hall–Kier alpha value is -3.47. The smallest absolute Gasteiger partial charge is 0.464 e. The zero-order valence-corrected chi connectivity index (χ0v) is 25.0. The van der Waals surface area contributed by atoms with Gasteiger partial charge >= 0.3 is 18.5 Å². The third-order valence-electron chi connectivity index (χ3n) is 5.94. The van der Waals surface area contributed by atoms with Crippen LogP contribution in [0.5, 0.6) is 5.75 Å². The molecule has 0 bridgehead atoms. The molecule has 0 fully saturated rings. The number of anilines is 1. The molecule has 3 aromatic rings. The predicted molar refractivity (Wildman–Crippen MR) is 146 cm³/mol. The molecule has 3 atom stereocenters. The fourth-order valence-electron chi connectivity index (χ4n) is 3.98. The lowest BCUT2D eigenvalue weighted by atomic mass is 10.1. The Morgan fingerprint density at radius 3 is 2.34 bits per heavy atom. The van der Waals surface area contributed by atoms with Gasteiger partial charge in [0.15, 0.2) is 11.5 Å². The van der Waals surface area contributed by atoms with E-state index < -0.39 is 61.3 Å². The quantitative estimate of drug-likeness (QED) is 0.121. The van der Waals surface area contributed by atoms with Crippen LogP contribution in [0.2, 0.25) is 0 Å². The van der Waals surface area contributed by atoms with E-state index >= 15 is 0 Å². The van der Waals surface area contributed by atoms with Crippen molar-refractivity contribution < 1.29 is 49.9 Å². The second kappa shape index (κ2) is 13.7. The summed E-state index contributed by atoms with van der Waals surface area (Å²) in [5.41, 5.74) is 4.16. The van der Waals surface area contributed by atoms with E-state index in [0.29, 0.717) is 29.7 Å². The van der Waals surface area contributed by atoms with Gasteiger partial charge in [-0.05, 0) is 44.9 Å². The number of nitrogens with one attached hydrogen (secondary N) is 2. The Bertz CT molecular complexity index is 1470. The van der Waals surface area contributed by atoms with E-state index in [2.05, 4.69) is 24.8 Å². The minimum Gasteiger partial charge on any atom is -0.464 e. The van der Waals surface area contributed by atoms with Crippen molar-refractivity contribution in [2.45, 2.75) is 70.9 Å². The number of imidazole rings is 1. The number of alkyl halides is 6. The maximum Gasteiger partial charge on any atom is 0.573 e. The van der Waals surface area contributed by atoms with Crippen molar-refractivity contribution in [3.8, 4) is 5.75 Å². The molecule has 1 unspecified atom stereocenters. The van der Waals surface area contributed by atoms with Crippen LogP contribution in [0.25, 0.3) is 11.2 Å². The summed E-state index contributed by atoms with van der Waals surface area (Å²) in [6.07, 6.45) is -8.67. The number of halogens is 6. The summed E-state index contributed by atoms with van der Waals surface area (Å²) in [6.45, 7) is 5.92. The van der Waals surface area contributed by atoms with Crippen molar-refractivity contribution in [3.63, 3.8) is 0 Å². The predicted octanol–water partition coefficient (Wildman–Crippen LogP) is 5.08. The number of aromatic nitrogens is 4. The van der Waals surface area contributed by atoms with Crippen molar-refractivity contribution in [2.24, 2.45) is 0 Å². The van der Waals surface area contributed by atoms with E-state index in [1.54, 1.807) is 18.4 Å². The van der Waals surface area contributed by atoms with E-state index in [1.165, 1.54) is 26.5 Å². The summed E-state index contributed by atoms with van der Waals surface area (Å²) in [6, 6.07) is 0.228. The molecule has 0 aliphatic heterocycles. The number of carbonyl (C=O) groups is 1. The molecule has 0 amide bonds. The zero-order chi connectivity index (χ0) is 32.9.